The summed E-state index contributed by atoms with van der Waals surface area (Å²) in [5.41, 5.74) is 6.94. The van der Waals surface area contributed by atoms with Crippen LogP contribution in [0.2, 0.25) is 0 Å². The first-order chi connectivity index (χ1) is 21.1. The molecule has 44 heavy (non-hydrogen) atoms. The first-order valence-corrected chi connectivity index (χ1v) is 15.9. The summed E-state index contributed by atoms with van der Waals surface area (Å²) < 4.78 is 7.88. The minimum Gasteiger partial charge on any atom is -0.383 e. The van der Waals surface area contributed by atoms with Crippen LogP contribution in [0.3, 0.4) is 0 Å². The third kappa shape index (κ3) is 4.82. The summed E-state index contributed by atoms with van der Waals surface area (Å²) in [6, 6.07) is 23.5. The number of Topliss-reactive ketones (excluding diaryl/α,β-unsaturated/α-hetero) is 2. The predicted molar refractivity (Wildman–Crippen MR) is 176 cm³/mol. The van der Waals surface area contributed by atoms with E-state index in [1.807, 2.05) is 0 Å². The van der Waals surface area contributed by atoms with Gasteiger partial charge >= 0.3 is 0 Å². The van der Waals surface area contributed by atoms with Crippen molar-refractivity contribution < 1.29 is 14.3 Å². The Morgan fingerprint density at radius 1 is 0.750 bits per heavy atom. The molecule has 0 bridgehead atoms. The highest BCUT2D eigenvalue weighted by Crippen LogP contribution is 2.55. The number of benzene rings is 3. The highest BCUT2D eigenvalue weighted by molar-refractivity contribution is 6.08. The van der Waals surface area contributed by atoms with Crippen LogP contribution in [-0.4, -0.2) is 41.3 Å². The van der Waals surface area contributed by atoms with Crippen LogP contribution in [0.5, 0.6) is 0 Å². The number of methoxy groups -OCH3 is 1. The molecule has 0 fully saturated rings. The molecule has 0 N–H and O–H groups in total. The van der Waals surface area contributed by atoms with Gasteiger partial charge in [-0.25, -0.2) is 0 Å². The molecule has 0 unspecified atom stereocenters. The Labute approximate surface area is 260 Å². The van der Waals surface area contributed by atoms with Crippen LogP contribution in [0.4, 0.5) is 0 Å². The van der Waals surface area contributed by atoms with Gasteiger partial charge in [-0.05, 0) is 51.6 Å². The van der Waals surface area contributed by atoms with Gasteiger partial charge in [0.05, 0.1) is 6.61 Å². The van der Waals surface area contributed by atoms with E-state index in [1.165, 1.54) is 16.3 Å². The molecule has 0 spiro atoms. The van der Waals surface area contributed by atoms with Gasteiger partial charge in [-0.1, -0.05) is 88.4 Å². The molecule has 1 aliphatic heterocycles. The van der Waals surface area contributed by atoms with E-state index in [9.17, 15) is 9.59 Å². The minimum absolute atomic E-state index is 0.152. The van der Waals surface area contributed by atoms with Gasteiger partial charge < -0.3 is 14.2 Å². The first kappa shape index (κ1) is 28.8. The predicted octanol–water partition coefficient (Wildman–Crippen LogP) is 8.17. The van der Waals surface area contributed by atoms with Crippen molar-refractivity contribution in [3.63, 3.8) is 0 Å². The van der Waals surface area contributed by atoms with Crippen molar-refractivity contribution in [3.8, 4) is 0 Å². The van der Waals surface area contributed by atoms with E-state index in [-0.39, 0.29) is 28.3 Å². The highest BCUT2D eigenvalue weighted by Gasteiger charge is 2.49. The van der Waals surface area contributed by atoms with Crippen molar-refractivity contribution in [3.05, 3.63) is 107 Å². The Morgan fingerprint density at radius 3 is 2.00 bits per heavy atom. The molecule has 226 valence electrons. The monoisotopic (exact) mass is 586 g/mol. The standard InChI is InChI=1S/C39H42N2O3/c1-38(2)19-31-36(33(42)21-38)35(37-32(41(31)17-18-44-5)20-39(3,4)22-34(37)43)29-24-40(30-16-9-8-15-28(29)30)23-26-13-10-12-25-11-6-7-14-27(25)26/h6-16,24,35H,17-23H2,1-5H3. The van der Waals surface area contributed by atoms with E-state index in [0.717, 1.165) is 51.8 Å². The Kier molecular flexibility index (Phi) is 6.93. The number of ketones is 2. The van der Waals surface area contributed by atoms with Gasteiger partial charge in [0.1, 0.15) is 0 Å². The Morgan fingerprint density at radius 2 is 1.34 bits per heavy atom. The van der Waals surface area contributed by atoms with E-state index < -0.39 is 0 Å². The third-order valence-corrected chi connectivity index (χ3v) is 9.89. The van der Waals surface area contributed by atoms with E-state index in [2.05, 4.69) is 110 Å². The quantitative estimate of drug-likeness (QED) is 0.229. The van der Waals surface area contributed by atoms with Gasteiger partial charge in [0.15, 0.2) is 11.6 Å². The summed E-state index contributed by atoms with van der Waals surface area (Å²) in [6.07, 6.45) is 4.80. The van der Waals surface area contributed by atoms with Crippen molar-refractivity contribution >= 4 is 33.2 Å². The number of para-hydroxylation sites is 1. The van der Waals surface area contributed by atoms with Crippen molar-refractivity contribution in [1.82, 2.24) is 9.47 Å². The summed E-state index contributed by atoms with van der Waals surface area (Å²) in [4.78, 5) is 30.9. The Bertz CT molecular complexity index is 1830. The van der Waals surface area contributed by atoms with Gasteiger partial charge in [-0.3, -0.25) is 9.59 Å². The molecule has 5 heteroatoms. The van der Waals surface area contributed by atoms with Gasteiger partial charge in [0, 0.05) is 78.6 Å². The van der Waals surface area contributed by atoms with Gasteiger partial charge in [-0.15, -0.1) is 0 Å². The Hall–Kier alpha value is -3.96. The number of aromatic nitrogens is 1. The summed E-state index contributed by atoms with van der Waals surface area (Å²) in [5.74, 6) is -0.0397. The van der Waals surface area contributed by atoms with Gasteiger partial charge in [0.25, 0.3) is 0 Å². The highest BCUT2D eigenvalue weighted by atomic mass is 16.5. The summed E-state index contributed by atoms with van der Waals surface area (Å²) in [5, 5.41) is 3.57. The molecule has 0 atom stereocenters. The van der Waals surface area contributed by atoms with Crippen LogP contribution >= 0.6 is 0 Å². The number of allylic oxidation sites excluding steroid dienone is 4. The summed E-state index contributed by atoms with van der Waals surface area (Å²) in [6.45, 7) is 10.6. The van der Waals surface area contributed by atoms with Crippen molar-refractivity contribution in [2.45, 2.75) is 65.8 Å². The van der Waals surface area contributed by atoms with Crippen LogP contribution in [0.1, 0.15) is 70.4 Å². The molecule has 2 aliphatic carbocycles. The molecule has 3 aromatic carbocycles. The van der Waals surface area contributed by atoms with Gasteiger partial charge in [0.2, 0.25) is 0 Å². The van der Waals surface area contributed by atoms with E-state index >= 15 is 0 Å². The maximum absolute atomic E-state index is 14.3. The topological polar surface area (TPSA) is 51.5 Å². The number of carbonyl (C=O) groups excluding carboxylic acids is 2. The molecule has 0 saturated carbocycles. The molecule has 0 saturated heterocycles. The molecule has 3 aliphatic rings. The van der Waals surface area contributed by atoms with Gasteiger partial charge in [-0.2, -0.15) is 0 Å². The van der Waals surface area contributed by atoms with Crippen LogP contribution < -0.4 is 0 Å². The second kappa shape index (κ2) is 10.6. The number of rotatable bonds is 6. The maximum atomic E-state index is 14.3. The number of hydrogen-bond acceptors (Lipinski definition) is 4. The molecule has 7 rings (SSSR count). The molecule has 4 aromatic rings. The number of ether oxygens (including phenoxy) is 1. The molecular weight excluding hydrogens is 544 g/mol. The fourth-order valence-corrected chi connectivity index (χ4v) is 8.06. The molecule has 2 heterocycles. The summed E-state index contributed by atoms with van der Waals surface area (Å²) >= 11 is 0. The zero-order valence-corrected chi connectivity index (χ0v) is 26.6. The average Bonchev–Trinajstić information content (AvgIpc) is 3.32. The van der Waals surface area contributed by atoms with E-state index in [0.29, 0.717) is 32.5 Å². The lowest BCUT2D eigenvalue weighted by atomic mass is 9.63. The largest absolute Gasteiger partial charge is 0.383 e. The SMILES string of the molecule is COCCN1C2=C(C(=O)CC(C)(C)C2)C(c2cn(Cc3cccc4ccccc34)c3ccccc23)C2=C1CC(C)(C)CC2=O. The number of hydrogen-bond donors (Lipinski definition) is 0. The molecule has 5 nitrogen and oxygen atoms in total. The summed E-state index contributed by atoms with van der Waals surface area (Å²) in [7, 11) is 1.72. The fraction of sp³-hybridized carbons (Fsp3) is 0.385. The van der Waals surface area contributed by atoms with E-state index in [1.54, 1.807) is 7.11 Å². The smallest absolute Gasteiger partial charge is 0.162 e. The lowest BCUT2D eigenvalue weighted by Gasteiger charge is -2.49. The number of nitrogens with zero attached hydrogens (tertiary/aromatic N) is 2. The average molecular weight is 587 g/mol. The van der Waals surface area contributed by atoms with Crippen molar-refractivity contribution in [2.75, 3.05) is 20.3 Å². The van der Waals surface area contributed by atoms with Crippen LogP contribution in [0, 0.1) is 10.8 Å². The van der Waals surface area contributed by atoms with Crippen LogP contribution in [0.25, 0.3) is 21.7 Å². The molecule has 0 amide bonds. The first-order valence-electron chi connectivity index (χ1n) is 15.9. The second-order valence-electron chi connectivity index (χ2n) is 14.5. The van der Waals surface area contributed by atoms with Crippen LogP contribution in [0.15, 0.2) is 95.5 Å². The second-order valence-corrected chi connectivity index (χ2v) is 14.5. The normalized spacial score (nSPS) is 20.1. The van der Waals surface area contributed by atoms with Crippen LogP contribution in [-0.2, 0) is 20.9 Å². The lowest BCUT2D eigenvalue weighted by molar-refractivity contribution is -0.119. The number of fused-ring (bicyclic) bond motifs is 2. The zero-order chi connectivity index (χ0) is 30.8. The zero-order valence-electron chi connectivity index (χ0n) is 26.6. The van der Waals surface area contributed by atoms with Crippen molar-refractivity contribution in [1.29, 1.82) is 0 Å². The minimum atomic E-state index is -0.371. The molecular formula is C39H42N2O3. The molecule has 0 radical (unpaired) electrons. The Balaban J connectivity index is 1.46. The van der Waals surface area contributed by atoms with E-state index in [4.69, 9.17) is 4.74 Å². The lowest BCUT2D eigenvalue weighted by Crippen LogP contribution is -2.45. The molecule has 1 aromatic heterocycles. The maximum Gasteiger partial charge on any atom is 0.162 e. The third-order valence-electron chi connectivity index (χ3n) is 9.89. The van der Waals surface area contributed by atoms with Crippen molar-refractivity contribution in [2.24, 2.45) is 10.8 Å². The fourth-order valence-electron chi connectivity index (χ4n) is 8.06. The number of carbonyl (C=O) groups is 2.